The second kappa shape index (κ2) is 5.38. The van der Waals surface area contributed by atoms with E-state index in [1.54, 1.807) is 24.3 Å². The van der Waals surface area contributed by atoms with Crippen LogP contribution in [0.15, 0.2) is 29.2 Å². The van der Waals surface area contributed by atoms with E-state index in [1.165, 1.54) is 0 Å². The van der Waals surface area contributed by atoms with Crippen molar-refractivity contribution in [3.05, 3.63) is 29.8 Å². The molecule has 0 aliphatic heterocycles. The minimum atomic E-state index is -3.52. The summed E-state index contributed by atoms with van der Waals surface area (Å²) in [4.78, 5) is 0.255. The molecule has 4 nitrogen and oxygen atoms in total. The molecule has 0 spiro atoms. The van der Waals surface area contributed by atoms with Crippen LogP contribution in [0.2, 0.25) is 0 Å². The molecule has 18 heavy (non-hydrogen) atoms. The average molecular weight is 269 g/mol. The van der Waals surface area contributed by atoms with Crippen LogP contribution in [0.5, 0.6) is 0 Å². The molecule has 0 bridgehead atoms. The van der Waals surface area contributed by atoms with E-state index in [0.717, 1.165) is 18.4 Å². The van der Waals surface area contributed by atoms with E-state index in [9.17, 15) is 13.5 Å². The molecule has 2 N–H and O–H groups in total. The highest BCUT2D eigenvalue weighted by Crippen LogP contribution is 2.20. The summed E-state index contributed by atoms with van der Waals surface area (Å²) >= 11 is 0. The van der Waals surface area contributed by atoms with Crippen LogP contribution in [0.3, 0.4) is 0 Å². The van der Waals surface area contributed by atoms with E-state index in [-0.39, 0.29) is 10.9 Å². The molecule has 0 heterocycles. The Morgan fingerprint density at radius 2 is 1.78 bits per heavy atom. The van der Waals surface area contributed by atoms with Gasteiger partial charge in [-0.3, -0.25) is 0 Å². The fourth-order valence-electron chi connectivity index (χ4n) is 2.23. The van der Waals surface area contributed by atoms with Gasteiger partial charge in [0.15, 0.2) is 0 Å². The fourth-order valence-corrected chi connectivity index (χ4v) is 3.54. The highest BCUT2D eigenvalue weighted by molar-refractivity contribution is 7.89. The molecule has 2 rings (SSSR count). The predicted octanol–water partition coefficient (Wildman–Crippen LogP) is 1.58. The smallest absolute Gasteiger partial charge is 0.240 e. The summed E-state index contributed by atoms with van der Waals surface area (Å²) in [5, 5.41) is 9.80. The highest BCUT2D eigenvalue weighted by Gasteiger charge is 2.27. The monoisotopic (exact) mass is 269 g/mol. The third-order valence-electron chi connectivity index (χ3n) is 3.37. The van der Waals surface area contributed by atoms with Gasteiger partial charge in [-0.05, 0) is 31.9 Å². The Morgan fingerprint density at radius 1 is 1.17 bits per heavy atom. The molecule has 2 unspecified atom stereocenters. The zero-order valence-corrected chi connectivity index (χ0v) is 11.3. The number of hydrogen-bond donors (Lipinski definition) is 2. The van der Waals surface area contributed by atoms with E-state index < -0.39 is 16.1 Å². The molecule has 100 valence electrons. The normalized spacial score (nSPS) is 25.0. The lowest BCUT2D eigenvalue weighted by molar-refractivity contribution is 0.101. The fraction of sp³-hybridized carbons (Fsp3) is 0.538. The SMILES string of the molecule is Cc1ccc(S(=O)(=O)NC2CCCCC2O)cc1. The molecule has 0 amide bonds. The third kappa shape index (κ3) is 3.10. The zero-order valence-electron chi connectivity index (χ0n) is 10.5. The molecule has 0 aromatic heterocycles. The first-order valence-corrected chi connectivity index (χ1v) is 7.74. The number of nitrogens with one attached hydrogen (secondary N) is 1. The van der Waals surface area contributed by atoms with Crippen molar-refractivity contribution in [2.24, 2.45) is 0 Å². The Morgan fingerprint density at radius 3 is 2.39 bits per heavy atom. The van der Waals surface area contributed by atoms with E-state index in [2.05, 4.69) is 4.72 Å². The van der Waals surface area contributed by atoms with E-state index in [4.69, 9.17) is 0 Å². The van der Waals surface area contributed by atoms with Gasteiger partial charge in [-0.25, -0.2) is 13.1 Å². The molecule has 0 saturated heterocycles. The van der Waals surface area contributed by atoms with Crippen LogP contribution in [0.4, 0.5) is 0 Å². The Labute approximate surface area is 108 Å². The van der Waals surface area contributed by atoms with Crippen LogP contribution in [-0.2, 0) is 10.0 Å². The van der Waals surface area contributed by atoms with Crippen molar-refractivity contribution >= 4 is 10.0 Å². The molecule has 1 aliphatic rings. The quantitative estimate of drug-likeness (QED) is 0.875. The van der Waals surface area contributed by atoms with Crippen LogP contribution in [0.25, 0.3) is 0 Å². The molecular formula is C13H19NO3S. The second-order valence-electron chi connectivity index (χ2n) is 4.89. The van der Waals surface area contributed by atoms with Crippen LogP contribution in [0.1, 0.15) is 31.2 Å². The molecule has 1 aliphatic carbocycles. The van der Waals surface area contributed by atoms with Crippen molar-refractivity contribution in [3.63, 3.8) is 0 Å². The van der Waals surface area contributed by atoms with E-state index >= 15 is 0 Å². The molecule has 1 saturated carbocycles. The van der Waals surface area contributed by atoms with Crippen molar-refractivity contribution in [2.75, 3.05) is 0 Å². The van der Waals surface area contributed by atoms with Crippen LogP contribution < -0.4 is 4.72 Å². The third-order valence-corrected chi connectivity index (χ3v) is 4.87. The largest absolute Gasteiger partial charge is 0.391 e. The maximum absolute atomic E-state index is 12.1. The highest BCUT2D eigenvalue weighted by atomic mass is 32.2. The Hall–Kier alpha value is -0.910. The topological polar surface area (TPSA) is 66.4 Å². The molecule has 1 aromatic carbocycles. The van der Waals surface area contributed by atoms with Gasteiger partial charge in [0.1, 0.15) is 0 Å². The lowest BCUT2D eigenvalue weighted by Gasteiger charge is -2.28. The van der Waals surface area contributed by atoms with E-state index in [0.29, 0.717) is 12.8 Å². The van der Waals surface area contributed by atoms with Gasteiger partial charge in [-0.1, -0.05) is 30.5 Å². The number of sulfonamides is 1. The minimum Gasteiger partial charge on any atom is -0.391 e. The van der Waals surface area contributed by atoms with Crippen molar-refractivity contribution in [2.45, 2.75) is 49.6 Å². The summed E-state index contributed by atoms with van der Waals surface area (Å²) in [5.74, 6) is 0. The standard InChI is InChI=1S/C13H19NO3S/c1-10-6-8-11(9-7-10)18(16,17)14-12-4-2-3-5-13(12)15/h6-9,12-15H,2-5H2,1H3. The number of rotatable bonds is 3. The maximum atomic E-state index is 12.1. The average Bonchev–Trinajstić information content (AvgIpc) is 2.32. The van der Waals surface area contributed by atoms with Gasteiger partial charge in [0.25, 0.3) is 0 Å². The van der Waals surface area contributed by atoms with Crippen molar-refractivity contribution in [1.82, 2.24) is 4.72 Å². The summed E-state index contributed by atoms with van der Waals surface area (Å²) < 4.78 is 26.9. The summed E-state index contributed by atoms with van der Waals surface area (Å²) in [5.41, 5.74) is 1.02. The molecule has 0 radical (unpaired) electrons. The van der Waals surface area contributed by atoms with Gasteiger partial charge < -0.3 is 5.11 Å². The van der Waals surface area contributed by atoms with Crippen molar-refractivity contribution < 1.29 is 13.5 Å². The van der Waals surface area contributed by atoms with Gasteiger partial charge in [-0.2, -0.15) is 0 Å². The number of hydrogen-bond acceptors (Lipinski definition) is 3. The number of aliphatic hydroxyl groups excluding tert-OH is 1. The van der Waals surface area contributed by atoms with Gasteiger partial charge in [0.2, 0.25) is 10.0 Å². The van der Waals surface area contributed by atoms with Gasteiger partial charge >= 0.3 is 0 Å². The van der Waals surface area contributed by atoms with Gasteiger partial charge in [0.05, 0.1) is 11.0 Å². The minimum absolute atomic E-state index is 0.255. The van der Waals surface area contributed by atoms with Gasteiger partial charge in [-0.15, -0.1) is 0 Å². The number of aryl methyl sites for hydroxylation is 1. The molecule has 2 atom stereocenters. The first-order chi connectivity index (χ1) is 8.49. The van der Waals surface area contributed by atoms with Crippen molar-refractivity contribution in [1.29, 1.82) is 0 Å². The number of aliphatic hydroxyl groups is 1. The molecule has 1 aromatic rings. The van der Waals surface area contributed by atoms with E-state index in [1.807, 2.05) is 6.92 Å². The Kier molecular flexibility index (Phi) is 4.04. The van der Waals surface area contributed by atoms with Crippen molar-refractivity contribution in [3.8, 4) is 0 Å². The summed E-state index contributed by atoms with van der Waals surface area (Å²) in [6.07, 6.45) is 2.72. The first kappa shape index (κ1) is 13.5. The predicted molar refractivity (Wildman–Crippen MR) is 69.8 cm³/mol. The van der Waals surface area contributed by atoms with Crippen LogP contribution >= 0.6 is 0 Å². The Balaban J connectivity index is 2.13. The van der Waals surface area contributed by atoms with Crippen LogP contribution in [0, 0.1) is 6.92 Å². The molecule has 5 heteroatoms. The zero-order chi connectivity index (χ0) is 13.2. The molecule has 1 fully saturated rings. The lowest BCUT2D eigenvalue weighted by Crippen LogP contribution is -2.44. The maximum Gasteiger partial charge on any atom is 0.240 e. The van der Waals surface area contributed by atoms with Crippen LogP contribution in [-0.4, -0.2) is 25.7 Å². The molecular weight excluding hydrogens is 250 g/mol. The summed E-state index contributed by atoms with van der Waals surface area (Å²) in [6, 6.07) is 6.36. The summed E-state index contributed by atoms with van der Waals surface area (Å²) in [7, 11) is -3.52. The lowest BCUT2D eigenvalue weighted by atomic mass is 9.93. The Bertz CT molecular complexity index is 495. The second-order valence-corrected chi connectivity index (χ2v) is 6.61. The summed E-state index contributed by atoms with van der Waals surface area (Å²) in [6.45, 7) is 1.91. The number of benzene rings is 1. The first-order valence-electron chi connectivity index (χ1n) is 6.26. The van der Waals surface area contributed by atoms with Gasteiger partial charge in [0, 0.05) is 6.04 Å².